The Balaban J connectivity index is 2.44. The van der Waals surface area contributed by atoms with Crippen molar-refractivity contribution < 1.29 is 9.53 Å². The number of esters is 1. The summed E-state index contributed by atoms with van der Waals surface area (Å²) in [5.74, 6) is 0.164. The summed E-state index contributed by atoms with van der Waals surface area (Å²) >= 11 is 3.43. The number of nitrogens with zero attached hydrogens (tertiary/aromatic N) is 2. The number of anilines is 2. The molecule has 0 aliphatic heterocycles. The molecule has 0 bridgehead atoms. The molecule has 0 spiro atoms. The van der Waals surface area contributed by atoms with E-state index < -0.39 is 5.97 Å². The number of benzene rings is 1. The van der Waals surface area contributed by atoms with Crippen LogP contribution in [0.5, 0.6) is 0 Å². The molecular formula is C14H13BrN2O2. The molecular weight excluding hydrogens is 308 g/mol. The Kier molecular flexibility index (Phi) is 4.16. The van der Waals surface area contributed by atoms with Gasteiger partial charge in [-0.15, -0.1) is 0 Å². The molecule has 0 radical (unpaired) electrons. The number of ether oxygens (including phenoxy) is 1. The van der Waals surface area contributed by atoms with E-state index in [9.17, 15) is 4.79 Å². The fourth-order valence-electron chi connectivity index (χ4n) is 1.74. The second-order valence-corrected chi connectivity index (χ2v) is 4.82. The van der Waals surface area contributed by atoms with Gasteiger partial charge in [-0.1, -0.05) is 22.0 Å². The summed E-state index contributed by atoms with van der Waals surface area (Å²) in [6.07, 6.45) is 1.65. The molecule has 0 aliphatic carbocycles. The van der Waals surface area contributed by atoms with Crippen molar-refractivity contribution >= 4 is 33.4 Å². The van der Waals surface area contributed by atoms with Crippen LogP contribution in [0.3, 0.4) is 0 Å². The molecule has 1 aromatic heterocycles. The van der Waals surface area contributed by atoms with Gasteiger partial charge < -0.3 is 9.64 Å². The van der Waals surface area contributed by atoms with Crippen molar-refractivity contribution in [1.82, 2.24) is 4.98 Å². The van der Waals surface area contributed by atoms with Gasteiger partial charge in [0.1, 0.15) is 11.4 Å². The highest BCUT2D eigenvalue weighted by atomic mass is 79.9. The fraction of sp³-hybridized carbons (Fsp3) is 0.143. The Morgan fingerprint density at radius 3 is 2.79 bits per heavy atom. The van der Waals surface area contributed by atoms with Gasteiger partial charge in [-0.3, -0.25) is 0 Å². The summed E-state index contributed by atoms with van der Waals surface area (Å²) in [5.41, 5.74) is 1.37. The number of hydrogen-bond donors (Lipinski definition) is 0. The van der Waals surface area contributed by atoms with Crippen molar-refractivity contribution in [3.63, 3.8) is 0 Å². The Hall–Kier alpha value is -1.88. The van der Waals surface area contributed by atoms with E-state index in [-0.39, 0.29) is 0 Å². The Labute approximate surface area is 120 Å². The summed E-state index contributed by atoms with van der Waals surface area (Å²) in [4.78, 5) is 17.8. The highest BCUT2D eigenvalue weighted by Gasteiger charge is 2.16. The van der Waals surface area contributed by atoms with Crippen LogP contribution < -0.4 is 4.90 Å². The molecule has 1 heterocycles. The molecule has 0 N–H and O–H groups in total. The lowest BCUT2D eigenvalue weighted by Crippen LogP contribution is -2.16. The molecule has 0 atom stereocenters. The second kappa shape index (κ2) is 5.84. The van der Waals surface area contributed by atoms with E-state index in [1.54, 1.807) is 18.3 Å². The van der Waals surface area contributed by atoms with Crippen LogP contribution in [0.2, 0.25) is 0 Å². The third-order valence-corrected chi connectivity index (χ3v) is 3.20. The highest BCUT2D eigenvalue weighted by molar-refractivity contribution is 9.10. The number of pyridine rings is 1. The molecule has 0 saturated heterocycles. The number of carbonyl (C=O) groups excluding carboxylic acids is 1. The van der Waals surface area contributed by atoms with Crippen molar-refractivity contribution in [3.05, 3.63) is 52.6 Å². The van der Waals surface area contributed by atoms with E-state index in [4.69, 9.17) is 4.74 Å². The third-order valence-electron chi connectivity index (χ3n) is 2.71. The summed E-state index contributed by atoms with van der Waals surface area (Å²) in [6, 6.07) is 11.2. The van der Waals surface area contributed by atoms with Gasteiger partial charge in [0.25, 0.3) is 0 Å². The van der Waals surface area contributed by atoms with Gasteiger partial charge in [0.05, 0.1) is 7.11 Å². The molecule has 0 unspecified atom stereocenters. The van der Waals surface area contributed by atoms with Gasteiger partial charge in [-0.05, 0) is 30.3 Å². The molecule has 2 aromatic rings. The maximum absolute atomic E-state index is 11.7. The maximum Gasteiger partial charge on any atom is 0.341 e. The average molecular weight is 321 g/mol. The Bertz CT molecular complexity index is 602. The summed E-state index contributed by atoms with van der Waals surface area (Å²) in [7, 11) is 3.22. The van der Waals surface area contributed by atoms with Crippen molar-refractivity contribution in [2.75, 3.05) is 19.1 Å². The third kappa shape index (κ3) is 2.93. The van der Waals surface area contributed by atoms with E-state index in [1.165, 1.54) is 7.11 Å². The lowest BCUT2D eigenvalue weighted by atomic mass is 10.2. The topological polar surface area (TPSA) is 42.4 Å². The van der Waals surface area contributed by atoms with Crippen LogP contribution in [-0.2, 0) is 4.74 Å². The minimum absolute atomic E-state index is 0.398. The van der Waals surface area contributed by atoms with E-state index >= 15 is 0 Å². The number of halogens is 1. The number of aromatic nitrogens is 1. The minimum Gasteiger partial charge on any atom is -0.465 e. The monoisotopic (exact) mass is 320 g/mol. The van der Waals surface area contributed by atoms with E-state index in [1.807, 2.05) is 36.2 Å². The van der Waals surface area contributed by atoms with Gasteiger partial charge >= 0.3 is 5.97 Å². The van der Waals surface area contributed by atoms with Gasteiger partial charge in [0.2, 0.25) is 0 Å². The Morgan fingerprint density at radius 1 is 1.32 bits per heavy atom. The van der Waals surface area contributed by atoms with Gasteiger partial charge in [0, 0.05) is 23.4 Å². The first-order chi connectivity index (χ1) is 9.13. The van der Waals surface area contributed by atoms with Gasteiger partial charge in [-0.2, -0.15) is 0 Å². The zero-order chi connectivity index (χ0) is 13.8. The van der Waals surface area contributed by atoms with Crippen LogP contribution in [-0.4, -0.2) is 25.1 Å². The van der Waals surface area contributed by atoms with Crippen molar-refractivity contribution in [3.8, 4) is 0 Å². The second-order valence-electron chi connectivity index (χ2n) is 3.91. The summed E-state index contributed by atoms with van der Waals surface area (Å²) in [5, 5.41) is 0. The smallest absolute Gasteiger partial charge is 0.341 e. The van der Waals surface area contributed by atoms with Crippen molar-refractivity contribution in [2.24, 2.45) is 0 Å². The fourth-order valence-corrected chi connectivity index (χ4v) is 2.13. The number of carbonyl (C=O) groups is 1. The zero-order valence-corrected chi connectivity index (χ0v) is 12.2. The quantitative estimate of drug-likeness (QED) is 0.813. The largest absolute Gasteiger partial charge is 0.465 e. The molecule has 0 amide bonds. The first-order valence-electron chi connectivity index (χ1n) is 5.66. The molecule has 4 nitrogen and oxygen atoms in total. The van der Waals surface area contributed by atoms with Crippen LogP contribution in [0.15, 0.2) is 47.1 Å². The van der Waals surface area contributed by atoms with E-state index in [0.717, 1.165) is 10.2 Å². The molecule has 1 aromatic carbocycles. The molecule has 2 rings (SSSR count). The SMILES string of the molecule is COC(=O)c1cccnc1N(C)c1cccc(Br)c1. The first kappa shape index (κ1) is 13.5. The van der Waals surface area contributed by atoms with Crippen LogP contribution in [0.1, 0.15) is 10.4 Å². The Morgan fingerprint density at radius 2 is 2.11 bits per heavy atom. The summed E-state index contributed by atoms with van der Waals surface area (Å²) in [6.45, 7) is 0. The van der Waals surface area contributed by atoms with Crippen LogP contribution in [0.25, 0.3) is 0 Å². The van der Waals surface area contributed by atoms with Crippen molar-refractivity contribution in [2.45, 2.75) is 0 Å². The number of methoxy groups -OCH3 is 1. The maximum atomic E-state index is 11.7. The average Bonchev–Trinajstić information content (AvgIpc) is 2.45. The molecule has 98 valence electrons. The van der Waals surface area contributed by atoms with Crippen LogP contribution in [0, 0.1) is 0 Å². The standard InChI is InChI=1S/C14H13BrN2O2/c1-17(11-6-3-5-10(15)9-11)13-12(14(18)19-2)7-4-8-16-13/h3-9H,1-2H3. The molecule has 0 saturated carbocycles. The molecule has 19 heavy (non-hydrogen) atoms. The van der Waals surface area contributed by atoms with Gasteiger partial charge in [0.15, 0.2) is 0 Å². The molecule has 0 aliphatic rings. The van der Waals surface area contributed by atoms with Crippen molar-refractivity contribution in [1.29, 1.82) is 0 Å². The number of hydrogen-bond acceptors (Lipinski definition) is 4. The normalized spacial score (nSPS) is 10.1. The molecule has 0 fully saturated rings. The number of rotatable bonds is 3. The molecule has 5 heteroatoms. The van der Waals surface area contributed by atoms with Crippen LogP contribution >= 0.6 is 15.9 Å². The van der Waals surface area contributed by atoms with Crippen LogP contribution in [0.4, 0.5) is 11.5 Å². The lowest BCUT2D eigenvalue weighted by molar-refractivity contribution is 0.0601. The zero-order valence-electron chi connectivity index (χ0n) is 10.6. The highest BCUT2D eigenvalue weighted by Crippen LogP contribution is 2.27. The predicted octanol–water partition coefficient (Wildman–Crippen LogP) is 3.40. The summed E-state index contributed by atoms with van der Waals surface area (Å²) < 4.78 is 5.74. The van der Waals surface area contributed by atoms with E-state index in [2.05, 4.69) is 20.9 Å². The van der Waals surface area contributed by atoms with E-state index in [0.29, 0.717) is 11.4 Å². The lowest BCUT2D eigenvalue weighted by Gasteiger charge is -2.20. The first-order valence-corrected chi connectivity index (χ1v) is 6.45. The minimum atomic E-state index is -0.398. The predicted molar refractivity (Wildman–Crippen MR) is 77.8 cm³/mol. The van der Waals surface area contributed by atoms with Gasteiger partial charge in [-0.25, -0.2) is 9.78 Å².